The lowest BCUT2D eigenvalue weighted by Crippen LogP contribution is -2.27. The van der Waals surface area contributed by atoms with Crippen LogP contribution < -0.4 is 4.90 Å². The third-order valence-electron chi connectivity index (χ3n) is 3.12. The van der Waals surface area contributed by atoms with Gasteiger partial charge in [-0.05, 0) is 64.0 Å². The zero-order chi connectivity index (χ0) is 16.6. The second-order valence-electron chi connectivity index (χ2n) is 4.67. The smallest absolute Gasteiger partial charge is 0.268 e. The fourth-order valence-corrected chi connectivity index (χ4v) is 3.86. The zero-order valence-corrected chi connectivity index (χ0v) is 15.4. The number of hydrogen-bond acceptors (Lipinski definition) is 3. The fraction of sp³-hybridized carbons (Fsp3) is 0. The number of halogens is 3. The summed E-state index contributed by atoms with van der Waals surface area (Å²) in [7, 11) is 0. The van der Waals surface area contributed by atoms with Crippen molar-refractivity contribution in [3.05, 3.63) is 68.2 Å². The Morgan fingerprint density at radius 2 is 1.91 bits per heavy atom. The van der Waals surface area contributed by atoms with Crippen molar-refractivity contribution in [3.63, 3.8) is 0 Å². The third-order valence-corrected chi connectivity index (χ3v) is 5.28. The predicted octanol–water partition coefficient (Wildman–Crippen LogP) is 5.65. The highest BCUT2D eigenvalue weighted by Gasteiger charge is 2.33. The zero-order valence-electron chi connectivity index (χ0n) is 11.4. The Labute approximate surface area is 155 Å². The molecular weight excluding hydrogens is 421 g/mol. The number of amides is 1. The van der Waals surface area contributed by atoms with E-state index in [-0.39, 0.29) is 11.7 Å². The lowest BCUT2D eigenvalue weighted by molar-refractivity contribution is -0.113. The van der Waals surface area contributed by atoms with Crippen molar-refractivity contribution in [1.29, 1.82) is 0 Å². The van der Waals surface area contributed by atoms with E-state index in [0.29, 0.717) is 24.4 Å². The highest BCUT2D eigenvalue weighted by atomic mass is 79.9. The molecule has 1 aliphatic heterocycles. The van der Waals surface area contributed by atoms with Crippen LogP contribution in [0.5, 0.6) is 0 Å². The van der Waals surface area contributed by atoms with E-state index in [9.17, 15) is 9.18 Å². The van der Waals surface area contributed by atoms with Crippen molar-refractivity contribution in [3.8, 4) is 0 Å². The average molecular weight is 429 g/mol. The van der Waals surface area contributed by atoms with Crippen molar-refractivity contribution in [1.82, 2.24) is 0 Å². The summed E-state index contributed by atoms with van der Waals surface area (Å²) in [6, 6.07) is 11.5. The summed E-state index contributed by atoms with van der Waals surface area (Å²) in [5.74, 6) is -0.557. The minimum atomic E-state index is -0.351. The molecule has 2 aromatic carbocycles. The minimum absolute atomic E-state index is 0.206. The maximum Gasteiger partial charge on any atom is 0.270 e. The standard InChI is InChI=1S/C16H8BrClFNOS2/c17-12-7-9(1-6-13(12)19)8-14-15(21)20(16(22)23-14)11-4-2-10(18)3-5-11/h1-8H. The van der Waals surface area contributed by atoms with Gasteiger partial charge in [0.15, 0.2) is 4.32 Å². The minimum Gasteiger partial charge on any atom is -0.268 e. The van der Waals surface area contributed by atoms with Crippen molar-refractivity contribution in [2.24, 2.45) is 0 Å². The van der Waals surface area contributed by atoms with E-state index >= 15 is 0 Å². The molecule has 1 amide bonds. The molecule has 1 heterocycles. The van der Waals surface area contributed by atoms with Crippen molar-refractivity contribution >= 4 is 73.5 Å². The van der Waals surface area contributed by atoms with Gasteiger partial charge in [-0.2, -0.15) is 0 Å². The first-order chi connectivity index (χ1) is 11.0. The summed E-state index contributed by atoms with van der Waals surface area (Å²) >= 11 is 15.5. The lowest BCUT2D eigenvalue weighted by Gasteiger charge is -2.14. The van der Waals surface area contributed by atoms with Crippen LogP contribution in [0.15, 0.2) is 51.8 Å². The summed E-state index contributed by atoms with van der Waals surface area (Å²) < 4.78 is 14.1. The molecule has 1 saturated heterocycles. The molecule has 0 saturated carbocycles. The van der Waals surface area contributed by atoms with Gasteiger partial charge < -0.3 is 0 Å². The van der Waals surface area contributed by atoms with E-state index < -0.39 is 0 Å². The monoisotopic (exact) mass is 427 g/mol. The van der Waals surface area contributed by atoms with Crippen LogP contribution in [-0.2, 0) is 4.79 Å². The summed E-state index contributed by atoms with van der Waals surface area (Å²) in [4.78, 5) is 14.5. The van der Waals surface area contributed by atoms with E-state index in [1.54, 1.807) is 42.5 Å². The van der Waals surface area contributed by atoms with E-state index in [0.717, 1.165) is 5.56 Å². The summed E-state index contributed by atoms with van der Waals surface area (Å²) in [5, 5.41) is 0.589. The Bertz CT molecular complexity index is 838. The molecule has 2 aromatic rings. The molecule has 23 heavy (non-hydrogen) atoms. The number of hydrogen-bond donors (Lipinski definition) is 0. The number of thioether (sulfide) groups is 1. The van der Waals surface area contributed by atoms with Gasteiger partial charge in [0.2, 0.25) is 0 Å². The first-order valence-electron chi connectivity index (χ1n) is 6.44. The van der Waals surface area contributed by atoms with Gasteiger partial charge >= 0.3 is 0 Å². The maximum absolute atomic E-state index is 13.3. The molecule has 7 heteroatoms. The van der Waals surface area contributed by atoms with Crippen LogP contribution in [0, 0.1) is 5.82 Å². The molecule has 0 radical (unpaired) electrons. The number of nitrogens with zero attached hydrogens (tertiary/aromatic N) is 1. The molecule has 0 aromatic heterocycles. The van der Waals surface area contributed by atoms with E-state index in [4.69, 9.17) is 23.8 Å². The number of thiocarbonyl (C=S) groups is 1. The van der Waals surface area contributed by atoms with Crippen LogP contribution in [0.25, 0.3) is 6.08 Å². The Morgan fingerprint density at radius 3 is 2.57 bits per heavy atom. The van der Waals surface area contributed by atoms with Gasteiger partial charge in [-0.25, -0.2) is 4.39 Å². The van der Waals surface area contributed by atoms with E-state index in [2.05, 4.69) is 15.9 Å². The predicted molar refractivity (Wildman–Crippen MR) is 101 cm³/mol. The fourth-order valence-electron chi connectivity index (χ4n) is 2.03. The largest absolute Gasteiger partial charge is 0.270 e. The second-order valence-corrected chi connectivity index (χ2v) is 7.63. The molecule has 0 bridgehead atoms. The van der Waals surface area contributed by atoms with Crippen molar-refractivity contribution in [2.45, 2.75) is 0 Å². The van der Waals surface area contributed by atoms with Crippen LogP contribution in [0.1, 0.15) is 5.56 Å². The normalized spacial score (nSPS) is 16.5. The van der Waals surface area contributed by atoms with Gasteiger partial charge in [-0.3, -0.25) is 9.69 Å². The van der Waals surface area contributed by atoms with Crippen LogP contribution >= 0.6 is 51.5 Å². The maximum atomic E-state index is 13.3. The molecule has 1 aliphatic rings. The summed E-state index contributed by atoms with van der Waals surface area (Å²) in [6.45, 7) is 0. The second kappa shape index (κ2) is 6.73. The number of carbonyl (C=O) groups is 1. The van der Waals surface area contributed by atoms with Crippen molar-refractivity contribution in [2.75, 3.05) is 4.90 Å². The Morgan fingerprint density at radius 1 is 1.22 bits per heavy atom. The van der Waals surface area contributed by atoms with Gasteiger partial charge in [-0.15, -0.1) is 0 Å². The molecule has 0 unspecified atom stereocenters. The molecule has 116 valence electrons. The van der Waals surface area contributed by atoms with Crippen molar-refractivity contribution < 1.29 is 9.18 Å². The van der Waals surface area contributed by atoms with Crippen LogP contribution in [-0.4, -0.2) is 10.2 Å². The molecule has 1 fully saturated rings. The summed E-state index contributed by atoms with van der Waals surface area (Å²) in [5.41, 5.74) is 1.38. The Kier molecular flexibility index (Phi) is 4.87. The quantitative estimate of drug-likeness (QED) is 0.455. The third kappa shape index (κ3) is 3.50. The van der Waals surface area contributed by atoms with Gasteiger partial charge in [0, 0.05) is 5.02 Å². The number of anilines is 1. The Hall–Kier alpha value is -1.21. The average Bonchev–Trinajstić information content (AvgIpc) is 2.79. The molecule has 0 spiro atoms. The SMILES string of the molecule is O=C1C(=Cc2ccc(F)c(Br)c2)SC(=S)N1c1ccc(Cl)cc1. The van der Waals surface area contributed by atoms with Gasteiger partial charge in [0.1, 0.15) is 5.82 Å². The highest BCUT2D eigenvalue weighted by Crippen LogP contribution is 2.36. The molecule has 2 nitrogen and oxygen atoms in total. The van der Waals surface area contributed by atoms with Crippen LogP contribution in [0.3, 0.4) is 0 Å². The molecular formula is C16H8BrClFNOS2. The van der Waals surface area contributed by atoms with Crippen LogP contribution in [0.2, 0.25) is 5.02 Å². The molecule has 0 N–H and O–H groups in total. The number of benzene rings is 2. The molecule has 0 aliphatic carbocycles. The van der Waals surface area contributed by atoms with Gasteiger partial charge in [0.25, 0.3) is 5.91 Å². The van der Waals surface area contributed by atoms with E-state index in [1.165, 1.54) is 22.7 Å². The highest BCUT2D eigenvalue weighted by molar-refractivity contribution is 9.10. The topological polar surface area (TPSA) is 20.3 Å². The summed E-state index contributed by atoms with van der Waals surface area (Å²) in [6.07, 6.45) is 1.69. The van der Waals surface area contributed by atoms with Crippen LogP contribution in [0.4, 0.5) is 10.1 Å². The van der Waals surface area contributed by atoms with E-state index in [1.807, 2.05) is 0 Å². The molecule has 3 rings (SSSR count). The number of carbonyl (C=O) groups excluding carboxylic acids is 1. The first-order valence-corrected chi connectivity index (χ1v) is 8.84. The lowest BCUT2D eigenvalue weighted by atomic mass is 10.2. The molecule has 0 atom stereocenters. The number of rotatable bonds is 2. The van der Waals surface area contributed by atoms with Gasteiger partial charge in [0.05, 0.1) is 15.1 Å². The Balaban J connectivity index is 1.92. The first kappa shape index (κ1) is 16.6. The van der Waals surface area contributed by atoms with Gasteiger partial charge in [-0.1, -0.05) is 41.6 Å².